The molecule has 4 amide bonds. The van der Waals surface area contributed by atoms with Crippen LogP contribution in [0, 0.1) is 5.92 Å². The lowest BCUT2D eigenvalue weighted by Crippen LogP contribution is -2.44. The third kappa shape index (κ3) is 4.75. The number of nitrogens with one attached hydrogen (secondary N) is 2. The summed E-state index contributed by atoms with van der Waals surface area (Å²) in [5, 5.41) is 4.27. The molecule has 2 N–H and O–H groups in total. The number of rotatable bonds is 5. The summed E-state index contributed by atoms with van der Waals surface area (Å²) >= 11 is 1.56. The minimum atomic E-state index is -1.14. The van der Waals surface area contributed by atoms with E-state index < -0.39 is 29.9 Å². The van der Waals surface area contributed by atoms with Crippen LogP contribution < -0.4 is 15.5 Å². The Morgan fingerprint density at radius 1 is 1.35 bits per heavy atom. The van der Waals surface area contributed by atoms with Crippen molar-refractivity contribution < 1.29 is 23.9 Å². The normalized spacial score (nSPS) is 17.6. The van der Waals surface area contributed by atoms with Crippen molar-refractivity contribution in [3.8, 4) is 0 Å². The van der Waals surface area contributed by atoms with Crippen molar-refractivity contribution in [2.24, 2.45) is 5.92 Å². The van der Waals surface area contributed by atoms with Crippen molar-refractivity contribution >= 4 is 41.3 Å². The zero-order valence-electron chi connectivity index (χ0n) is 14.8. The number of carbonyl (C=O) groups is 4. The minimum Gasteiger partial charge on any atom is -0.452 e. The van der Waals surface area contributed by atoms with E-state index in [-0.39, 0.29) is 18.9 Å². The molecule has 1 aliphatic heterocycles. The van der Waals surface area contributed by atoms with Crippen LogP contribution in [0.2, 0.25) is 0 Å². The number of imide groups is 1. The number of nitrogens with zero attached hydrogens (tertiary/aromatic N) is 1. The Morgan fingerprint density at radius 3 is 2.73 bits per heavy atom. The Balaban J connectivity index is 1.97. The number of ether oxygens (including phenoxy) is 1. The molecule has 0 aliphatic carbocycles. The minimum absolute atomic E-state index is 0.0200. The predicted octanol–water partition coefficient (Wildman–Crippen LogP) is 1.15. The molecule has 0 unspecified atom stereocenters. The first-order valence-corrected chi connectivity index (χ1v) is 9.25. The van der Waals surface area contributed by atoms with E-state index in [1.54, 1.807) is 16.7 Å². The topological polar surface area (TPSA) is 105 Å². The van der Waals surface area contributed by atoms with Crippen molar-refractivity contribution in [1.29, 1.82) is 0 Å². The van der Waals surface area contributed by atoms with Crippen molar-refractivity contribution in [3.63, 3.8) is 0 Å². The molecule has 140 valence electrons. The Kier molecular flexibility index (Phi) is 6.62. The van der Waals surface area contributed by atoms with Crippen molar-refractivity contribution in [2.75, 3.05) is 24.7 Å². The first-order chi connectivity index (χ1) is 12.3. The second kappa shape index (κ2) is 8.70. The lowest BCUT2D eigenvalue weighted by Gasteiger charge is -2.18. The molecule has 8 nitrogen and oxygen atoms in total. The molecular weight excluding hydrogens is 358 g/mol. The van der Waals surface area contributed by atoms with Crippen LogP contribution in [-0.2, 0) is 19.1 Å². The molecule has 0 aromatic heterocycles. The van der Waals surface area contributed by atoms with Crippen LogP contribution in [-0.4, -0.2) is 49.8 Å². The number of amides is 4. The summed E-state index contributed by atoms with van der Waals surface area (Å²) in [6, 6.07) is 6.80. The van der Waals surface area contributed by atoms with Crippen molar-refractivity contribution in [1.82, 2.24) is 10.6 Å². The van der Waals surface area contributed by atoms with Gasteiger partial charge < -0.3 is 15.0 Å². The summed E-state index contributed by atoms with van der Waals surface area (Å²) in [6.07, 6.45) is 0.825. The Labute approximate surface area is 155 Å². The Hall–Kier alpha value is -2.55. The van der Waals surface area contributed by atoms with E-state index in [2.05, 4.69) is 5.32 Å². The van der Waals surface area contributed by atoms with E-state index in [1.165, 1.54) is 14.0 Å². The standard InChI is InChI=1S/C17H21N3O5S/c1-10(15(22)19-17(24)18-2)25-16(23)11-7-14(21)20(9-11)12-5-4-6-13(8-12)26-3/h4-6,8,10-11H,7,9H2,1-3H3,(H2,18,19,22,24)/t10-,11-/m0/s1. The van der Waals surface area contributed by atoms with E-state index in [0.717, 1.165) is 10.6 Å². The average molecular weight is 379 g/mol. The van der Waals surface area contributed by atoms with Crippen LogP contribution in [0.3, 0.4) is 0 Å². The molecule has 1 aromatic rings. The summed E-state index contributed by atoms with van der Waals surface area (Å²) in [5.74, 6) is -2.20. The quantitative estimate of drug-likeness (QED) is 0.587. The SMILES string of the molecule is CNC(=O)NC(=O)[C@H](C)OC(=O)[C@H]1CC(=O)N(c2cccc(SC)c2)C1. The van der Waals surface area contributed by atoms with Gasteiger partial charge in [0.2, 0.25) is 5.91 Å². The van der Waals surface area contributed by atoms with Crippen LogP contribution in [0.5, 0.6) is 0 Å². The predicted molar refractivity (Wildman–Crippen MR) is 96.8 cm³/mol. The molecule has 0 saturated carbocycles. The molecule has 0 bridgehead atoms. The molecule has 9 heteroatoms. The second-order valence-corrected chi connectivity index (χ2v) is 6.63. The average Bonchev–Trinajstić information content (AvgIpc) is 3.03. The van der Waals surface area contributed by atoms with E-state index >= 15 is 0 Å². The smallest absolute Gasteiger partial charge is 0.321 e. The highest BCUT2D eigenvalue weighted by molar-refractivity contribution is 7.98. The first-order valence-electron chi connectivity index (χ1n) is 8.03. The van der Waals surface area contributed by atoms with Crippen LogP contribution >= 0.6 is 11.8 Å². The number of hydrogen-bond acceptors (Lipinski definition) is 6. The molecule has 1 aliphatic rings. The molecule has 2 rings (SSSR count). The number of carbonyl (C=O) groups excluding carboxylic acids is 4. The maximum atomic E-state index is 12.3. The van der Waals surface area contributed by atoms with Crippen LogP contribution in [0.25, 0.3) is 0 Å². The molecule has 1 saturated heterocycles. The largest absolute Gasteiger partial charge is 0.452 e. The number of thioether (sulfide) groups is 1. The fourth-order valence-electron chi connectivity index (χ4n) is 2.49. The van der Waals surface area contributed by atoms with E-state index in [4.69, 9.17) is 4.74 Å². The van der Waals surface area contributed by atoms with E-state index in [9.17, 15) is 19.2 Å². The van der Waals surface area contributed by atoms with Crippen LogP contribution in [0.15, 0.2) is 29.2 Å². The lowest BCUT2D eigenvalue weighted by molar-refractivity contribution is -0.158. The van der Waals surface area contributed by atoms with Gasteiger partial charge in [-0.2, -0.15) is 0 Å². The highest BCUT2D eigenvalue weighted by Gasteiger charge is 2.37. The van der Waals surface area contributed by atoms with E-state index in [1.807, 2.05) is 35.8 Å². The zero-order chi connectivity index (χ0) is 19.3. The third-order valence-electron chi connectivity index (χ3n) is 3.95. The third-order valence-corrected chi connectivity index (χ3v) is 4.67. The van der Waals surface area contributed by atoms with Gasteiger partial charge in [-0.3, -0.25) is 19.7 Å². The molecule has 1 fully saturated rings. The number of benzene rings is 1. The van der Waals surface area contributed by atoms with Gasteiger partial charge >= 0.3 is 12.0 Å². The monoisotopic (exact) mass is 379 g/mol. The summed E-state index contributed by atoms with van der Waals surface area (Å²) in [7, 11) is 1.37. The zero-order valence-corrected chi connectivity index (χ0v) is 15.6. The van der Waals surface area contributed by atoms with E-state index in [0.29, 0.717) is 0 Å². The number of urea groups is 1. The summed E-state index contributed by atoms with van der Waals surface area (Å²) in [4.78, 5) is 50.0. The van der Waals surface area contributed by atoms with Crippen molar-refractivity contribution in [2.45, 2.75) is 24.3 Å². The Bertz CT molecular complexity index is 724. The highest BCUT2D eigenvalue weighted by Crippen LogP contribution is 2.28. The van der Waals surface area contributed by atoms with Gasteiger partial charge in [-0.05, 0) is 31.4 Å². The van der Waals surface area contributed by atoms with Gasteiger partial charge in [0.1, 0.15) is 0 Å². The lowest BCUT2D eigenvalue weighted by atomic mass is 10.1. The van der Waals surface area contributed by atoms with Gasteiger partial charge in [0.15, 0.2) is 6.10 Å². The van der Waals surface area contributed by atoms with Crippen molar-refractivity contribution in [3.05, 3.63) is 24.3 Å². The molecule has 1 heterocycles. The fraction of sp³-hybridized carbons (Fsp3) is 0.412. The van der Waals surface area contributed by atoms with Gasteiger partial charge in [-0.1, -0.05) is 6.07 Å². The molecule has 1 aromatic carbocycles. The fourth-order valence-corrected chi connectivity index (χ4v) is 2.95. The van der Waals surface area contributed by atoms with Gasteiger partial charge in [0, 0.05) is 30.6 Å². The first kappa shape index (κ1) is 19.8. The summed E-state index contributed by atoms with van der Waals surface area (Å²) in [6.45, 7) is 1.56. The van der Waals surface area contributed by atoms with Gasteiger partial charge in [-0.25, -0.2) is 4.79 Å². The molecule has 0 spiro atoms. The van der Waals surface area contributed by atoms with Gasteiger partial charge in [0.05, 0.1) is 5.92 Å². The maximum absolute atomic E-state index is 12.3. The molecule has 0 radical (unpaired) electrons. The molecule has 26 heavy (non-hydrogen) atoms. The Morgan fingerprint density at radius 2 is 2.08 bits per heavy atom. The second-order valence-electron chi connectivity index (χ2n) is 5.75. The van der Waals surface area contributed by atoms with Gasteiger partial charge in [0.25, 0.3) is 5.91 Å². The number of hydrogen-bond donors (Lipinski definition) is 2. The van der Waals surface area contributed by atoms with Gasteiger partial charge in [-0.15, -0.1) is 11.8 Å². The number of anilines is 1. The van der Waals surface area contributed by atoms with Crippen LogP contribution in [0.1, 0.15) is 13.3 Å². The highest BCUT2D eigenvalue weighted by atomic mass is 32.2. The maximum Gasteiger partial charge on any atom is 0.321 e. The molecular formula is C17H21N3O5S. The number of esters is 1. The summed E-state index contributed by atoms with van der Waals surface area (Å²) < 4.78 is 5.10. The molecule has 2 atom stereocenters. The van der Waals surface area contributed by atoms with Crippen LogP contribution in [0.4, 0.5) is 10.5 Å². The summed E-state index contributed by atoms with van der Waals surface area (Å²) in [5.41, 5.74) is 0.725.